The Morgan fingerprint density at radius 1 is 1.40 bits per heavy atom. The molecule has 0 unspecified atom stereocenters. The molecule has 0 aliphatic rings. The maximum Gasteiger partial charge on any atom is 0.358 e. The minimum atomic E-state index is -1.00. The van der Waals surface area contributed by atoms with E-state index < -0.39 is 24.0 Å². The molecule has 0 radical (unpaired) electrons. The fourth-order valence-electron chi connectivity index (χ4n) is 1.75. The molecule has 25 heavy (non-hydrogen) atoms. The summed E-state index contributed by atoms with van der Waals surface area (Å²) in [5, 5.41) is 17.2. The number of nitriles is 1. The van der Waals surface area contributed by atoms with Gasteiger partial charge in [-0.2, -0.15) is 5.26 Å². The van der Waals surface area contributed by atoms with Crippen molar-refractivity contribution in [2.45, 2.75) is 46.6 Å². The SMILES string of the molecule is CC(C)CCNc1nc(C(=O)OCC(=O)N[C@@](C)(C#N)C(C)C)cs1. The molecular weight excluding hydrogens is 340 g/mol. The highest BCUT2D eigenvalue weighted by molar-refractivity contribution is 7.13. The summed E-state index contributed by atoms with van der Waals surface area (Å²) in [6, 6.07) is 2.07. The van der Waals surface area contributed by atoms with Crippen LogP contribution < -0.4 is 10.6 Å². The van der Waals surface area contributed by atoms with Crippen LogP contribution in [-0.4, -0.2) is 35.6 Å². The number of hydrogen-bond donors (Lipinski definition) is 2. The lowest BCUT2D eigenvalue weighted by Crippen LogP contribution is -2.50. The summed E-state index contributed by atoms with van der Waals surface area (Å²) in [6.07, 6.45) is 1.01. The van der Waals surface area contributed by atoms with Crippen molar-refractivity contribution < 1.29 is 14.3 Å². The molecule has 1 atom stereocenters. The molecule has 0 aliphatic heterocycles. The van der Waals surface area contributed by atoms with Crippen molar-refractivity contribution >= 4 is 28.3 Å². The molecule has 0 aliphatic carbocycles. The summed E-state index contributed by atoms with van der Waals surface area (Å²) in [7, 11) is 0. The highest BCUT2D eigenvalue weighted by Gasteiger charge is 2.30. The van der Waals surface area contributed by atoms with Crippen LogP contribution in [0.25, 0.3) is 0 Å². The van der Waals surface area contributed by atoms with E-state index >= 15 is 0 Å². The first-order valence-electron chi connectivity index (χ1n) is 8.26. The van der Waals surface area contributed by atoms with Gasteiger partial charge in [-0.25, -0.2) is 9.78 Å². The van der Waals surface area contributed by atoms with Crippen molar-refractivity contribution in [2.75, 3.05) is 18.5 Å². The van der Waals surface area contributed by atoms with Gasteiger partial charge in [0.05, 0.1) is 6.07 Å². The lowest BCUT2D eigenvalue weighted by atomic mass is 9.90. The molecular formula is C17H26N4O3S. The van der Waals surface area contributed by atoms with Crippen LogP contribution in [0.1, 0.15) is 51.5 Å². The second-order valence-corrected chi connectivity index (χ2v) is 7.60. The monoisotopic (exact) mass is 366 g/mol. The molecule has 1 heterocycles. The Morgan fingerprint density at radius 3 is 2.64 bits per heavy atom. The molecule has 1 aromatic rings. The molecule has 2 N–H and O–H groups in total. The number of esters is 1. The number of nitrogens with zero attached hydrogens (tertiary/aromatic N) is 2. The molecule has 0 saturated carbocycles. The zero-order chi connectivity index (χ0) is 19.0. The summed E-state index contributed by atoms with van der Waals surface area (Å²) < 4.78 is 4.97. The number of nitrogens with one attached hydrogen (secondary N) is 2. The fourth-order valence-corrected chi connectivity index (χ4v) is 2.46. The second kappa shape index (κ2) is 9.37. The third-order valence-electron chi connectivity index (χ3n) is 3.83. The first kappa shape index (κ1) is 20.9. The molecule has 1 aromatic heterocycles. The van der Waals surface area contributed by atoms with E-state index in [1.165, 1.54) is 11.3 Å². The van der Waals surface area contributed by atoms with Crippen molar-refractivity contribution in [2.24, 2.45) is 11.8 Å². The normalized spacial score (nSPS) is 13.2. The topological polar surface area (TPSA) is 104 Å². The molecule has 0 aromatic carbocycles. The summed E-state index contributed by atoms with van der Waals surface area (Å²) in [4.78, 5) is 28.0. The van der Waals surface area contributed by atoms with Gasteiger partial charge < -0.3 is 15.4 Å². The average molecular weight is 366 g/mol. The lowest BCUT2D eigenvalue weighted by molar-refractivity contribution is -0.125. The van der Waals surface area contributed by atoms with Crippen molar-refractivity contribution in [3.05, 3.63) is 11.1 Å². The van der Waals surface area contributed by atoms with Crippen LogP contribution in [0.15, 0.2) is 5.38 Å². The number of amides is 1. The third-order valence-corrected chi connectivity index (χ3v) is 4.63. The van der Waals surface area contributed by atoms with Gasteiger partial charge in [-0.15, -0.1) is 11.3 Å². The van der Waals surface area contributed by atoms with E-state index in [2.05, 4.69) is 35.5 Å². The van der Waals surface area contributed by atoms with Crippen LogP contribution in [0.2, 0.25) is 0 Å². The van der Waals surface area contributed by atoms with Gasteiger partial charge in [-0.05, 0) is 25.2 Å². The van der Waals surface area contributed by atoms with Gasteiger partial charge >= 0.3 is 5.97 Å². The Labute approximate surface area is 152 Å². The van der Waals surface area contributed by atoms with E-state index in [4.69, 9.17) is 4.74 Å². The summed E-state index contributed by atoms with van der Waals surface area (Å²) in [5.74, 6) is -0.668. The van der Waals surface area contributed by atoms with E-state index in [-0.39, 0.29) is 11.6 Å². The van der Waals surface area contributed by atoms with Gasteiger partial charge in [0.1, 0.15) is 5.54 Å². The highest BCUT2D eigenvalue weighted by atomic mass is 32.1. The molecule has 1 rings (SSSR count). The van der Waals surface area contributed by atoms with Crippen LogP contribution in [0.3, 0.4) is 0 Å². The Kier molecular flexibility index (Phi) is 7.84. The van der Waals surface area contributed by atoms with Crippen molar-refractivity contribution in [3.8, 4) is 6.07 Å². The quantitative estimate of drug-likeness (QED) is 0.651. The fraction of sp³-hybridized carbons (Fsp3) is 0.647. The van der Waals surface area contributed by atoms with E-state index in [9.17, 15) is 14.9 Å². The standard InChI is InChI=1S/C17H26N4O3S/c1-11(2)6-7-19-16-20-13(9-25-16)15(23)24-8-14(22)21-17(5,10-18)12(3)4/h9,11-12H,6-8H2,1-5H3,(H,19,20)(H,21,22)/t17-/m0/s1. The van der Waals surface area contributed by atoms with Crippen molar-refractivity contribution in [1.29, 1.82) is 5.26 Å². The van der Waals surface area contributed by atoms with Crippen LogP contribution in [0, 0.1) is 23.2 Å². The van der Waals surface area contributed by atoms with E-state index in [0.29, 0.717) is 11.0 Å². The third kappa shape index (κ3) is 6.70. The van der Waals surface area contributed by atoms with Gasteiger partial charge in [0.25, 0.3) is 5.91 Å². The number of hydrogen-bond acceptors (Lipinski definition) is 7. The summed E-state index contributed by atoms with van der Waals surface area (Å²) in [6.45, 7) is 9.90. The molecule has 0 saturated heterocycles. The van der Waals surface area contributed by atoms with Gasteiger partial charge in [-0.3, -0.25) is 4.79 Å². The van der Waals surface area contributed by atoms with E-state index in [1.807, 2.05) is 13.8 Å². The first-order chi connectivity index (χ1) is 11.7. The number of anilines is 1. The molecule has 7 nitrogen and oxygen atoms in total. The Bertz CT molecular complexity index is 636. The van der Waals surface area contributed by atoms with Gasteiger partial charge in [-0.1, -0.05) is 27.7 Å². The number of ether oxygens (including phenoxy) is 1. The average Bonchev–Trinajstić information content (AvgIpc) is 3.00. The lowest BCUT2D eigenvalue weighted by Gasteiger charge is -2.27. The summed E-state index contributed by atoms with van der Waals surface area (Å²) in [5.41, 5.74) is -0.839. The number of rotatable bonds is 9. The summed E-state index contributed by atoms with van der Waals surface area (Å²) >= 11 is 1.31. The maximum absolute atomic E-state index is 12.0. The zero-order valence-electron chi connectivity index (χ0n) is 15.4. The predicted octanol–water partition coefficient (Wildman–Crippen LogP) is 2.81. The molecule has 8 heteroatoms. The van der Waals surface area contributed by atoms with Gasteiger partial charge in [0.2, 0.25) is 0 Å². The number of aromatic nitrogens is 1. The first-order valence-corrected chi connectivity index (χ1v) is 9.14. The van der Waals surface area contributed by atoms with Crippen molar-refractivity contribution in [3.63, 3.8) is 0 Å². The largest absolute Gasteiger partial charge is 0.451 e. The predicted molar refractivity (Wildman–Crippen MR) is 97.3 cm³/mol. The molecule has 1 amide bonds. The Hall–Kier alpha value is -2.14. The number of carbonyl (C=O) groups is 2. The van der Waals surface area contributed by atoms with Crippen LogP contribution in [-0.2, 0) is 9.53 Å². The molecule has 0 spiro atoms. The number of thiazole rings is 1. The Balaban J connectivity index is 2.48. The minimum absolute atomic E-state index is 0.0739. The van der Waals surface area contributed by atoms with Crippen LogP contribution in [0.5, 0.6) is 0 Å². The second-order valence-electron chi connectivity index (χ2n) is 6.74. The van der Waals surface area contributed by atoms with Crippen molar-refractivity contribution in [1.82, 2.24) is 10.3 Å². The van der Waals surface area contributed by atoms with E-state index in [1.54, 1.807) is 12.3 Å². The smallest absolute Gasteiger partial charge is 0.358 e. The van der Waals surface area contributed by atoms with Gasteiger partial charge in [0.15, 0.2) is 17.4 Å². The highest BCUT2D eigenvalue weighted by Crippen LogP contribution is 2.17. The Morgan fingerprint density at radius 2 is 2.08 bits per heavy atom. The number of carbonyl (C=O) groups excluding carboxylic acids is 2. The van der Waals surface area contributed by atoms with Gasteiger partial charge in [0, 0.05) is 11.9 Å². The molecule has 0 bridgehead atoms. The zero-order valence-corrected chi connectivity index (χ0v) is 16.2. The molecule has 0 fully saturated rings. The molecule has 138 valence electrons. The van der Waals surface area contributed by atoms with Crippen LogP contribution >= 0.6 is 11.3 Å². The minimum Gasteiger partial charge on any atom is -0.451 e. The maximum atomic E-state index is 12.0. The van der Waals surface area contributed by atoms with Crippen LogP contribution in [0.4, 0.5) is 5.13 Å². The van der Waals surface area contributed by atoms with E-state index in [0.717, 1.165) is 13.0 Å².